The highest BCUT2D eigenvalue weighted by atomic mass is 32.2. The minimum absolute atomic E-state index is 0.0631. The smallest absolute Gasteiger partial charge is 0.314 e. The Labute approximate surface area is 152 Å². The molecule has 2 amide bonds. The number of hydrogen-bond donors (Lipinski definition) is 3. The van der Waals surface area contributed by atoms with Crippen molar-refractivity contribution in [2.24, 2.45) is 5.14 Å². The SMILES string of the molecule is NS(=O)(=O)c1ccc(CCNC(=O)NCCCc2ccc(F)cc2)cc1. The topological polar surface area (TPSA) is 101 Å². The molecule has 0 atom stereocenters. The molecule has 0 unspecified atom stereocenters. The van der Waals surface area contributed by atoms with E-state index >= 15 is 0 Å². The number of hydrogen-bond acceptors (Lipinski definition) is 3. The van der Waals surface area contributed by atoms with E-state index in [1.807, 2.05) is 0 Å². The molecule has 2 aromatic carbocycles. The van der Waals surface area contributed by atoms with Gasteiger partial charge in [0.25, 0.3) is 0 Å². The van der Waals surface area contributed by atoms with E-state index in [1.165, 1.54) is 24.3 Å². The van der Waals surface area contributed by atoms with E-state index in [0.29, 0.717) is 19.5 Å². The summed E-state index contributed by atoms with van der Waals surface area (Å²) in [5.41, 5.74) is 1.92. The number of nitrogens with one attached hydrogen (secondary N) is 2. The van der Waals surface area contributed by atoms with E-state index in [-0.39, 0.29) is 16.7 Å². The van der Waals surface area contributed by atoms with Crippen LogP contribution in [-0.2, 0) is 22.9 Å². The first-order valence-corrected chi connectivity index (χ1v) is 9.77. The normalized spacial score (nSPS) is 11.2. The number of urea groups is 1. The van der Waals surface area contributed by atoms with E-state index in [2.05, 4.69) is 10.6 Å². The predicted octanol–water partition coefficient (Wildman–Crippen LogP) is 1.95. The van der Waals surface area contributed by atoms with Crippen LogP contribution in [0.3, 0.4) is 0 Å². The Hall–Kier alpha value is -2.45. The molecule has 0 aliphatic carbocycles. The van der Waals surface area contributed by atoms with Gasteiger partial charge in [-0.3, -0.25) is 0 Å². The molecule has 6 nitrogen and oxygen atoms in total. The molecule has 0 aromatic heterocycles. The van der Waals surface area contributed by atoms with Crippen LogP contribution in [0.4, 0.5) is 9.18 Å². The number of aryl methyl sites for hydroxylation is 1. The summed E-state index contributed by atoms with van der Waals surface area (Å²) in [6.07, 6.45) is 2.10. The summed E-state index contributed by atoms with van der Waals surface area (Å²) in [7, 11) is -3.69. The second-order valence-corrected chi connectivity index (χ2v) is 7.41. The van der Waals surface area contributed by atoms with Gasteiger partial charge in [-0.25, -0.2) is 22.7 Å². The fourth-order valence-electron chi connectivity index (χ4n) is 2.37. The van der Waals surface area contributed by atoms with Crippen LogP contribution in [-0.4, -0.2) is 27.5 Å². The number of benzene rings is 2. The van der Waals surface area contributed by atoms with Crippen LogP contribution < -0.4 is 15.8 Å². The lowest BCUT2D eigenvalue weighted by molar-refractivity contribution is 0.241. The fraction of sp³-hybridized carbons (Fsp3) is 0.278. The third kappa shape index (κ3) is 6.81. The molecule has 0 radical (unpaired) electrons. The molecule has 140 valence electrons. The maximum absolute atomic E-state index is 12.8. The van der Waals surface area contributed by atoms with E-state index < -0.39 is 10.0 Å². The summed E-state index contributed by atoms with van der Waals surface area (Å²) >= 11 is 0. The maximum Gasteiger partial charge on any atom is 0.314 e. The lowest BCUT2D eigenvalue weighted by atomic mass is 10.1. The Kier molecular flexibility index (Phi) is 7.11. The Balaban J connectivity index is 1.62. The van der Waals surface area contributed by atoms with Gasteiger partial charge in [0, 0.05) is 13.1 Å². The summed E-state index contributed by atoms with van der Waals surface area (Å²) in [6.45, 7) is 0.949. The summed E-state index contributed by atoms with van der Waals surface area (Å²) in [5.74, 6) is -0.259. The van der Waals surface area contributed by atoms with Gasteiger partial charge >= 0.3 is 6.03 Å². The Morgan fingerprint density at radius 3 is 2.04 bits per heavy atom. The average molecular weight is 379 g/mol. The van der Waals surface area contributed by atoms with Crippen LogP contribution >= 0.6 is 0 Å². The third-order valence-corrected chi connectivity index (χ3v) is 4.72. The van der Waals surface area contributed by atoms with Crippen molar-refractivity contribution >= 4 is 16.1 Å². The molecule has 4 N–H and O–H groups in total. The van der Waals surface area contributed by atoms with Gasteiger partial charge in [-0.05, 0) is 54.7 Å². The first kappa shape index (κ1) is 19.9. The monoisotopic (exact) mass is 379 g/mol. The lowest BCUT2D eigenvalue weighted by Gasteiger charge is -2.08. The molecule has 0 fully saturated rings. The fourth-order valence-corrected chi connectivity index (χ4v) is 2.89. The summed E-state index contributed by atoms with van der Waals surface area (Å²) < 4.78 is 35.1. The van der Waals surface area contributed by atoms with Gasteiger partial charge in [-0.15, -0.1) is 0 Å². The van der Waals surface area contributed by atoms with E-state index in [0.717, 1.165) is 24.0 Å². The maximum atomic E-state index is 12.8. The second-order valence-electron chi connectivity index (χ2n) is 5.85. The van der Waals surface area contributed by atoms with Crippen molar-refractivity contribution in [3.8, 4) is 0 Å². The zero-order valence-corrected chi connectivity index (χ0v) is 15.1. The van der Waals surface area contributed by atoms with Crippen LogP contribution in [0.2, 0.25) is 0 Å². The molecule has 2 aromatic rings. The highest BCUT2D eigenvalue weighted by Crippen LogP contribution is 2.09. The highest BCUT2D eigenvalue weighted by Gasteiger charge is 2.06. The molecule has 2 rings (SSSR count). The average Bonchev–Trinajstić information content (AvgIpc) is 2.60. The minimum Gasteiger partial charge on any atom is -0.338 e. The van der Waals surface area contributed by atoms with Crippen molar-refractivity contribution in [2.75, 3.05) is 13.1 Å². The number of carbonyl (C=O) groups is 1. The van der Waals surface area contributed by atoms with Gasteiger partial charge in [0.15, 0.2) is 0 Å². The Morgan fingerprint density at radius 2 is 1.42 bits per heavy atom. The molecule has 0 aliphatic rings. The van der Waals surface area contributed by atoms with Gasteiger partial charge in [-0.1, -0.05) is 24.3 Å². The molecular formula is C18H22FN3O3S. The summed E-state index contributed by atoms with van der Waals surface area (Å²) in [6, 6.07) is 12.3. The number of nitrogens with two attached hydrogens (primary N) is 1. The number of carbonyl (C=O) groups excluding carboxylic acids is 1. The predicted molar refractivity (Wildman–Crippen MR) is 97.6 cm³/mol. The highest BCUT2D eigenvalue weighted by molar-refractivity contribution is 7.89. The summed E-state index contributed by atoms with van der Waals surface area (Å²) in [4.78, 5) is 11.8. The molecule has 26 heavy (non-hydrogen) atoms. The first-order chi connectivity index (χ1) is 12.3. The quantitative estimate of drug-likeness (QED) is 0.611. The first-order valence-electron chi connectivity index (χ1n) is 8.22. The zero-order valence-electron chi connectivity index (χ0n) is 14.2. The molecule has 0 heterocycles. The van der Waals surface area contributed by atoms with Gasteiger partial charge in [0.1, 0.15) is 5.82 Å². The van der Waals surface area contributed by atoms with Crippen molar-refractivity contribution < 1.29 is 17.6 Å². The standard InChI is InChI=1S/C18H22FN3O3S/c19-16-7-3-14(4-8-16)2-1-12-21-18(23)22-13-11-15-5-9-17(10-6-15)26(20,24)25/h3-10H,1-2,11-13H2,(H2,20,24,25)(H2,21,22,23). The summed E-state index contributed by atoms with van der Waals surface area (Å²) in [5, 5.41) is 10.5. The van der Waals surface area contributed by atoms with Gasteiger partial charge in [-0.2, -0.15) is 0 Å². The molecular weight excluding hydrogens is 357 g/mol. The zero-order chi connectivity index (χ0) is 19.0. The number of halogens is 1. The number of sulfonamides is 1. The molecule has 0 saturated heterocycles. The van der Waals surface area contributed by atoms with Crippen LogP contribution in [0.1, 0.15) is 17.5 Å². The van der Waals surface area contributed by atoms with Crippen LogP contribution in [0, 0.1) is 5.82 Å². The number of amides is 2. The second kappa shape index (κ2) is 9.30. The van der Waals surface area contributed by atoms with Crippen molar-refractivity contribution in [1.29, 1.82) is 0 Å². The van der Waals surface area contributed by atoms with E-state index in [9.17, 15) is 17.6 Å². The van der Waals surface area contributed by atoms with Crippen LogP contribution in [0.15, 0.2) is 53.4 Å². The van der Waals surface area contributed by atoms with Crippen LogP contribution in [0.25, 0.3) is 0 Å². The van der Waals surface area contributed by atoms with Gasteiger partial charge in [0.05, 0.1) is 4.90 Å². The molecule has 0 bridgehead atoms. The van der Waals surface area contributed by atoms with Gasteiger partial charge < -0.3 is 10.6 Å². The van der Waals surface area contributed by atoms with Crippen LogP contribution in [0.5, 0.6) is 0 Å². The minimum atomic E-state index is -3.69. The molecule has 0 aliphatic heterocycles. The lowest BCUT2D eigenvalue weighted by Crippen LogP contribution is -2.37. The van der Waals surface area contributed by atoms with Crippen molar-refractivity contribution in [3.63, 3.8) is 0 Å². The Bertz CT molecular complexity index is 822. The largest absolute Gasteiger partial charge is 0.338 e. The molecule has 0 spiro atoms. The van der Waals surface area contributed by atoms with Crippen molar-refractivity contribution in [3.05, 3.63) is 65.5 Å². The number of primary sulfonamides is 1. The third-order valence-electron chi connectivity index (χ3n) is 3.79. The number of rotatable bonds is 8. The van der Waals surface area contributed by atoms with E-state index in [4.69, 9.17) is 5.14 Å². The Morgan fingerprint density at radius 1 is 0.885 bits per heavy atom. The molecule has 8 heteroatoms. The van der Waals surface area contributed by atoms with Gasteiger partial charge in [0.2, 0.25) is 10.0 Å². The van der Waals surface area contributed by atoms with Crippen molar-refractivity contribution in [1.82, 2.24) is 10.6 Å². The van der Waals surface area contributed by atoms with E-state index in [1.54, 1.807) is 24.3 Å². The molecule has 0 saturated carbocycles. The van der Waals surface area contributed by atoms with Crippen molar-refractivity contribution in [2.45, 2.75) is 24.2 Å².